The molecule has 1 aromatic heterocycles. The SMILES string of the molecule is C[C@@H](C(=O)NC1CCCC1)n1nc(-c2ccc3c(c2)OCO3)ccc1=O. The molecule has 1 fully saturated rings. The Morgan fingerprint density at radius 1 is 1.19 bits per heavy atom. The lowest BCUT2D eigenvalue weighted by atomic mass is 10.1. The number of nitrogens with zero attached hydrogens (tertiary/aromatic N) is 2. The van der Waals surface area contributed by atoms with Crippen LogP contribution in [0, 0.1) is 0 Å². The third-order valence-electron chi connectivity index (χ3n) is 4.94. The van der Waals surface area contributed by atoms with E-state index in [0.717, 1.165) is 31.2 Å². The monoisotopic (exact) mass is 355 g/mol. The Balaban J connectivity index is 1.59. The van der Waals surface area contributed by atoms with Crippen molar-refractivity contribution in [1.82, 2.24) is 15.1 Å². The van der Waals surface area contributed by atoms with Gasteiger partial charge in [0.15, 0.2) is 11.5 Å². The molecule has 1 N–H and O–H groups in total. The molecule has 0 unspecified atom stereocenters. The van der Waals surface area contributed by atoms with Crippen LogP contribution in [0.2, 0.25) is 0 Å². The predicted molar refractivity (Wildman–Crippen MR) is 95.2 cm³/mol. The van der Waals surface area contributed by atoms with Crippen LogP contribution in [0.1, 0.15) is 38.6 Å². The predicted octanol–water partition coefficient (Wildman–Crippen LogP) is 2.26. The highest BCUT2D eigenvalue weighted by Gasteiger charge is 2.23. The Morgan fingerprint density at radius 2 is 1.96 bits per heavy atom. The molecule has 136 valence electrons. The molecule has 0 radical (unpaired) electrons. The van der Waals surface area contributed by atoms with Crippen LogP contribution in [0.5, 0.6) is 11.5 Å². The molecule has 2 aliphatic rings. The molecule has 2 heterocycles. The lowest BCUT2D eigenvalue weighted by Gasteiger charge is -2.18. The van der Waals surface area contributed by atoms with E-state index in [1.807, 2.05) is 18.2 Å². The van der Waals surface area contributed by atoms with E-state index in [1.165, 1.54) is 10.7 Å². The second-order valence-electron chi connectivity index (χ2n) is 6.74. The van der Waals surface area contributed by atoms with Crippen LogP contribution in [0.3, 0.4) is 0 Å². The lowest BCUT2D eigenvalue weighted by molar-refractivity contribution is -0.124. The summed E-state index contributed by atoms with van der Waals surface area (Å²) in [5.41, 5.74) is 1.10. The van der Waals surface area contributed by atoms with Crippen LogP contribution >= 0.6 is 0 Å². The fraction of sp³-hybridized carbons (Fsp3) is 0.421. The first-order valence-electron chi connectivity index (χ1n) is 8.92. The van der Waals surface area contributed by atoms with E-state index in [1.54, 1.807) is 13.0 Å². The molecule has 1 aliphatic heterocycles. The molecule has 2 aromatic rings. The fourth-order valence-electron chi connectivity index (χ4n) is 3.42. The third kappa shape index (κ3) is 3.16. The van der Waals surface area contributed by atoms with Gasteiger partial charge in [0, 0.05) is 17.7 Å². The first-order valence-corrected chi connectivity index (χ1v) is 8.92. The number of hydrogen-bond acceptors (Lipinski definition) is 5. The molecule has 1 aliphatic carbocycles. The Kier molecular flexibility index (Phi) is 4.36. The van der Waals surface area contributed by atoms with E-state index in [4.69, 9.17) is 9.47 Å². The number of nitrogens with one attached hydrogen (secondary N) is 1. The summed E-state index contributed by atoms with van der Waals surface area (Å²) in [5, 5.41) is 7.43. The summed E-state index contributed by atoms with van der Waals surface area (Å²) in [6.45, 7) is 1.90. The number of fused-ring (bicyclic) bond motifs is 1. The molecule has 1 aromatic carbocycles. The van der Waals surface area contributed by atoms with Crippen LogP contribution in [0.25, 0.3) is 11.3 Å². The van der Waals surface area contributed by atoms with Crippen LogP contribution in [-0.2, 0) is 4.79 Å². The van der Waals surface area contributed by atoms with E-state index >= 15 is 0 Å². The standard InChI is InChI=1S/C19H21N3O4/c1-12(19(24)20-14-4-2-3-5-14)22-18(23)9-7-15(21-22)13-6-8-16-17(10-13)26-11-25-16/h6-10,12,14H,2-5,11H2,1H3,(H,20,24)/t12-/m0/s1. The Bertz CT molecular complexity index is 887. The quantitative estimate of drug-likeness (QED) is 0.910. The highest BCUT2D eigenvalue weighted by Crippen LogP contribution is 2.35. The van der Waals surface area contributed by atoms with Gasteiger partial charge in [-0.05, 0) is 44.0 Å². The summed E-state index contributed by atoms with van der Waals surface area (Å²) in [4.78, 5) is 24.8. The Labute approximate surface area is 150 Å². The highest BCUT2D eigenvalue weighted by atomic mass is 16.7. The average Bonchev–Trinajstić information content (AvgIpc) is 3.32. The van der Waals surface area contributed by atoms with Gasteiger partial charge in [0.05, 0.1) is 5.69 Å². The molecular weight excluding hydrogens is 334 g/mol. The summed E-state index contributed by atoms with van der Waals surface area (Å²) in [6, 6.07) is 8.11. The molecule has 7 heteroatoms. The van der Waals surface area contributed by atoms with E-state index in [-0.39, 0.29) is 24.3 Å². The molecule has 0 bridgehead atoms. The van der Waals surface area contributed by atoms with Gasteiger partial charge in [-0.2, -0.15) is 5.10 Å². The highest BCUT2D eigenvalue weighted by molar-refractivity contribution is 5.80. The van der Waals surface area contributed by atoms with E-state index in [2.05, 4.69) is 10.4 Å². The molecule has 0 spiro atoms. The maximum atomic E-state index is 12.5. The van der Waals surface area contributed by atoms with Gasteiger partial charge < -0.3 is 14.8 Å². The zero-order valence-electron chi connectivity index (χ0n) is 14.6. The fourth-order valence-corrected chi connectivity index (χ4v) is 3.42. The van der Waals surface area contributed by atoms with Gasteiger partial charge in [-0.1, -0.05) is 12.8 Å². The van der Waals surface area contributed by atoms with Crippen molar-refractivity contribution in [3.05, 3.63) is 40.7 Å². The molecule has 4 rings (SSSR count). The maximum absolute atomic E-state index is 12.5. The number of carbonyl (C=O) groups is 1. The van der Waals surface area contributed by atoms with Crippen LogP contribution in [0.4, 0.5) is 0 Å². The summed E-state index contributed by atoms with van der Waals surface area (Å²) in [6.07, 6.45) is 4.27. The minimum Gasteiger partial charge on any atom is -0.454 e. The summed E-state index contributed by atoms with van der Waals surface area (Å²) < 4.78 is 11.9. The first kappa shape index (κ1) is 16.6. The van der Waals surface area contributed by atoms with E-state index in [9.17, 15) is 9.59 Å². The number of rotatable bonds is 4. The van der Waals surface area contributed by atoms with Crippen LogP contribution < -0.4 is 20.3 Å². The van der Waals surface area contributed by atoms with Gasteiger partial charge in [-0.15, -0.1) is 0 Å². The Morgan fingerprint density at radius 3 is 2.77 bits per heavy atom. The zero-order valence-corrected chi connectivity index (χ0v) is 14.6. The van der Waals surface area contributed by atoms with Gasteiger partial charge in [0.2, 0.25) is 12.7 Å². The number of carbonyl (C=O) groups excluding carboxylic acids is 1. The zero-order chi connectivity index (χ0) is 18.1. The Hall–Kier alpha value is -2.83. The van der Waals surface area contributed by atoms with E-state index in [0.29, 0.717) is 17.2 Å². The van der Waals surface area contributed by atoms with Crippen molar-refractivity contribution in [1.29, 1.82) is 0 Å². The van der Waals surface area contributed by atoms with Crippen molar-refractivity contribution in [2.24, 2.45) is 0 Å². The second-order valence-corrected chi connectivity index (χ2v) is 6.74. The van der Waals surface area contributed by atoms with Crippen molar-refractivity contribution < 1.29 is 14.3 Å². The first-order chi connectivity index (χ1) is 12.6. The number of ether oxygens (including phenoxy) is 2. The minimum atomic E-state index is -0.669. The third-order valence-corrected chi connectivity index (χ3v) is 4.94. The minimum absolute atomic E-state index is 0.172. The molecule has 1 saturated carbocycles. The van der Waals surface area contributed by atoms with Crippen LogP contribution in [0.15, 0.2) is 35.1 Å². The van der Waals surface area contributed by atoms with E-state index < -0.39 is 6.04 Å². The number of hydrogen-bond donors (Lipinski definition) is 1. The van der Waals surface area contributed by atoms with Crippen molar-refractivity contribution >= 4 is 5.91 Å². The smallest absolute Gasteiger partial charge is 0.267 e. The molecule has 0 saturated heterocycles. The average molecular weight is 355 g/mol. The van der Waals surface area contributed by atoms with Gasteiger partial charge in [0.25, 0.3) is 5.56 Å². The van der Waals surface area contributed by atoms with Gasteiger partial charge in [-0.25, -0.2) is 4.68 Å². The van der Waals surface area contributed by atoms with Crippen LogP contribution in [-0.4, -0.2) is 28.5 Å². The van der Waals surface area contributed by atoms with Gasteiger partial charge in [0.1, 0.15) is 6.04 Å². The molecule has 1 atom stereocenters. The number of aromatic nitrogens is 2. The van der Waals surface area contributed by atoms with Crippen molar-refractivity contribution in [3.8, 4) is 22.8 Å². The number of benzene rings is 1. The maximum Gasteiger partial charge on any atom is 0.267 e. The largest absolute Gasteiger partial charge is 0.454 e. The lowest BCUT2D eigenvalue weighted by Crippen LogP contribution is -2.40. The molecule has 1 amide bonds. The number of amides is 1. The topological polar surface area (TPSA) is 82.5 Å². The van der Waals surface area contributed by atoms with Crippen molar-refractivity contribution in [2.75, 3.05) is 6.79 Å². The normalized spacial score (nSPS) is 17.3. The molecule has 7 nitrogen and oxygen atoms in total. The molecule has 26 heavy (non-hydrogen) atoms. The summed E-state index contributed by atoms with van der Waals surface area (Å²) in [7, 11) is 0. The summed E-state index contributed by atoms with van der Waals surface area (Å²) in [5.74, 6) is 1.16. The van der Waals surface area contributed by atoms with Gasteiger partial charge in [-0.3, -0.25) is 9.59 Å². The second kappa shape index (κ2) is 6.82. The van der Waals surface area contributed by atoms with Gasteiger partial charge >= 0.3 is 0 Å². The van der Waals surface area contributed by atoms with Crippen molar-refractivity contribution in [2.45, 2.75) is 44.7 Å². The van der Waals surface area contributed by atoms with Crippen molar-refractivity contribution in [3.63, 3.8) is 0 Å². The molecular formula is C19H21N3O4. The summed E-state index contributed by atoms with van der Waals surface area (Å²) >= 11 is 0.